The van der Waals surface area contributed by atoms with E-state index in [0.29, 0.717) is 12.8 Å². The standard InChI is InChI=1S/C27H39F/c1-7-19-12-10-13-20(19)16-21-17-22(28)18-25(21)26(4,5)23(8-2)24-14-11-15-27(24,6)9-3/h7-8,16,22H,2,9-15,17-18H2,1,3-6H3/b19-7+,20-16-,24-23+. The Morgan fingerprint density at radius 3 is 2.54 bits per heavy atom. The van der Waals surface area contributed by atoms with E-state index in [4.69, 9.17) is 0 Å². The first-order valence-electron chi connectivity index (χ1n) is 11.4. The van der Waals surface area contributed by atoms with Gasteiger partial charge in [-0.15, -0.1) is 0 Å². The molecular formula is C27H39F. The van der Waals surface area contributed by atoms with E-state index in [9.17, 15) is 4.39 Å². The largest absolute Gasteiger partial charge is 0.247 e. The summed E-state index contributed by atoms with van der Waals surface area (Å²) in [6, 6.07) is 0. The second kappa shape index (κ2) is 8.17. The zero-order chi connectivity index (χ0) is 20.5. The van der Waals surface area contributed by atoms with Crippen LogP contribution in [-0.2, 0) is 0 Å². The summed E-state index contributed by atoms with van der Waals surface area (Å²) in [5, 5.41) is 0. The lowest BCUT2D eigenvalue weighted by atomic mass is 9.69. The van der Waals surface area contributed by atoms with Gasteiger partial charge in [0.1, 0.15) is 6.17 Å². The summed E-state index contributed by atoms with van der Waals surface area (Å²) >= 11 is 0. The summed E-state index contributed by atoms with van der Waals surface area (Å²) in [7, 11) is 0. The van der Waals surface area contributed by atoms with Gasteiger partial charge in [0.2, 0.25) is 0 Å². The monoisotopic (exact) mass is 382 g/mol. The van der Waals surface area contributed by atoms with Gasteiger partial charge in [-0.1, -0.05) is 63.6 Å². The van der Waals surface area contributed by atoms with Gasteiger partial charge in [0, 0.05) is 18.3 Å². The van der Waals surface area contributed by atoms with Gasteiger partial charge < -0.3 is 0 Å². The molecule has 0 aromatic rings. The molecule has 0 aromatic heterocycles. The molecule has 0 heterocycles. The van der Waals surface area contributed by atoms with Gasteiger partial charge in [0.15, 0.2) is 0 Å². The third-order valence-corrected chi connectivity index (χ3v) is 7.88. The molecule has 2 unspecified atom stereocenters. The SMILES string of the molecule is C=C/C(=C1/CCCC1(C)CC)C(C)(C)C1=C(/C=C2/CCC/C2=C\C)CC(F)C1. The Morgan fingerprint density at radius 2 is 1.89 bits per heavy atom. The highest BCUT2D eigenvalue weighted by molar-refractivity contribution is 5.49. The zero-order valence-corrected chi connectivity index (χ0v) is 18.8. The summed E-state index contributed by atoms with van der Waals surface area (Å²) in [5.74, 6) is 0. The van der Waals surface area contributed by atoms with Crippen LogP contribution in [0, 0.1) is 10.8 Å². The van der Waals surface area contributed by atoms with E-state index in [-0.39, 0.29) is 10.8 Å². The Morgan fingerprint density at radius 1 is 1.18 bits per heavy atom. The maximum Gasteiger partial charge on any atom is 0.108 e. The van der Waals surface area contributed by atoms with Crippen LogP contribution in [0.25, 0.3) is 0 Å². The molecule has 0 aliphatic heterocycles. The van der Waals surface area contributed by atoms with Crippen molar-refractivity contribution in [2.75, 3.05) is 0 Å². The van der Waals surface area contributed by atoms with Crippen molar-refractivity contribution in [3.05, 3.63) is 58.2 Å². The van der Waals surface area contributed by atoms with E-state index in [2.05, 4.69) is 59.4 Å². The molecule has 2 fully saturated rings. The fourth-order valence-corrected chi connectivity index (χ4v) is 5.96. The number of hydrogen-bond donors (Lipinski definition) is 0. The Hall–Kier alpha value is -1.37. The topological polar surface area (TPSA) is 0 Å². The average molecular weight is 383 g/mol. The molecule has 0 aromatic carbocycles. The molecular weight excluding hydrogens is 343 g/mol. The van der Waals surface area contributed by atoms with E-state index in [1.54, 1.807) is 5.57 Å². The first-order valence-corrected chi connectivity index (χ1v) is 11.4. The molecule has 0 radical (unpaired) electrons. The molecule has 0 saturated heterocycles. The summed E-state index contributed by atoms with van der Waals surface area (Å²) in [4.78, 5) is 0. The van der Waals surface area contributed by atoms with Crippen molar-refractivity contribution in [1.29, 1.82) is 0 Å². The number of hydrogen-bond acceptors (Lipinski definition) is 0. The lowest BCUT2D eigenvalue weighted by Crippen LogP contribution is -2.23. The van der Waals surface area contributed by atoms with E-state index in [0.717, 1.165) is 6.42 Å². The molecule has 3 aliphatic carbocycles. The second-order valence-corrected chi connectivity index (χ2v) is 9.84. The van der Waals surface area contributed by atoms with Crippen LogP contribution in [0.2, 0.25) is 0 Å². The van der Waals surface area contributed by atoms with Crippen molar-refractivity contribution in [2.24, 2.45) is 10.8 Å². The van der Waals surface area contributed by atoms with Crippen molar-refractivity contribution >= 4 is 0 Å². The molecule has 0 nitrogen and oxygen atoms in total. The number of alkyl halides is 1. The Bertz CT molecular complexity index is 755. The van der Waals surface area contributed by atoms with Crippen LogP contribution >= 0.6 is 0 Å². The van der Waals surface area contributed by atoms with Gasteiger partial charge in [0.25, 0.3) is 0 Å². The predicted molar refractivity (Wildman–Crippen MR) is 120 cm³/mol. The Labute approximate surface area is 172 Å². The van der Waals surface area contributed by atoms with Gasteiger partial charge >= 0.3 is 0 Å². The van der Waals surface area contributed by atoms with Crippen LogP contribution in [0.15, 0.2) is 58.2 Å². The third-order valence-electron chi connectivity index (χ3n) is 7.88. The summed E-state index contributed by atoms with van der Waals surface area (Å²) in [6.45, 7) is 15.7. The Kier molecular flexibility index (Phi) is 6.23. The van der Waals surface area contributed by atoms with Gasteiger partial charge in [-0.05, 0) is 79.6 Å². The summed E-state index contributed by atoms with van der Waals surface area (Å²) in [6.07, 6.45) is 15.5. The van der Waals surface area contributed by atoms with Gasteiger partial charge in [-0.3, -0.25) is 0 Å². The fourth-order valence-electron chi connectivity index (χ4n) is 5.96. The first kappa shape index (κ1) is 21.3. The molecule has 154 valence electrons. The maximum atomic E-state index is 14.6. The zero-order valence-electron chi connectivity index (χ0n) is 18.8. The van der Waals surface area contributed by atoms with Crippen molar-refractivity contribution < 1.29 is 4.39 Å². The minimum absolute atomic E-state index is 0.153. The highest BCUT2D eigenvalue weighted by atomic mass is 19.1. The Balaban J connectivity index is 2.09. The molecule has 3 rings (SSSR count). The highest BCUT2D eigenvalue weighted by Gasteiger charge is 2.41. The van der Waals surface area contributed by atoms with Crippen molar-refractivity contribution in [1.82, 2.24) is 0 Å². The smallest absolute Gasteiger partial charge is 0.108 e. The van der Waals surface area contributed by atoms with Crippen LogP contribution in [0.4, 0.5) is 4.39 Å². The predicted octanol–water partition coefficient (Wildman–Crippen LogP) is 8.58. The average Bonchev–Trinajstić information content (AvgIpc) is 3.36. The second-order valence-electron chi connectivity index (χ2n) is 9.84. The number of allylic oxidation sites excluding steroid dienone is 9. The lowest BCUT2D eigenvalue weighted by molar-refractivity contribution is 0.336. The van der Waals surface area contributed by atoms with Crippen LogP contribution in [0.5, 0.6) is 0 Å². The molecule has 0 N–H and O–H groups in total. The quantitative estimate of drug-likeness (QED) is 0.446. The van der Waals surface area contributed by atoms with Crippen LogP contribution in [0.3, 0.4) is 0 Å². The molecule has 2 saturated carbocycles. The van der Waals surface area contributed by atoms with E-state index >= 15 is 0 Å². The lowest BCUT2D eigenvalue weighted by Gasteiger charge is -2.36. The maximum absolute atomic E-state index is 14.6. The minimum atomic E-state index is -0.742. The molecule has 1 heteroatoms. The normalized spacial score (nSPS) is 33.4. The molecule has 0 spiro atoms. The van der Waals surface area contributed by atoms with E-state index in [1.807, 2.05) is 0 Å². The number of halogens is 1. The van der Waals surface area contributed by atoms with E-state index in [1.165, 1.54) is 66.4 Å². The highest BCUT2D eigenvalue weighted by Crippen LogP contribution is 2.53. The molecule has 28 heavy (non-hydrogen) atoms. The van der Waals surface area contributed by atoms with Crippen molar-refractivity contribution in [3.63, 3.8) is 0 Å². The fraction of sp³-hybridized carbons (Fsp3) is 0.630. The molecule has 2 atom stereocenters. The first-order chi connectivity index (χ1) is 13.3. The molecule has 0 amide bonds. The number of rotatable bonds is 5. The van der Waals surface area contributed by atoms with Crippen LogP contribution in [0.1, 0.15) is 92.4 Å². The van der Waals surface area contributed by atoms with Crippen LogP contribution < -0.4 is 0 Å². The summed E-state index contributed by atoms with van der Waals surface area (Å²) < 4.78 is 14.6. The van der Waals surface area contributed by atoms with Crippen molar-refractivity contribution in [3.8, 4) is 0 Å². The molecule has 3 aliphatic rings. The summed E-state index contributed by atoms with van der Waals surface area (Å²) in [5.41, 5.74) is 8.53. The molecule has 0 bridgehead atoms. The van der Waals surface area contributed by atoms with Crippen molar-refractivity contribution in [2.45, 2.75) is 98.6 Å². The van der Waals surface area contributed by atoms with Crippen LogP contribution in [-0.4, -0.2) is 6.17 Å². The minimum Gasteiger partial charge on any atom is -0.247 e. The third kappa shape index (κ3) is 3.74. The van der Waals surface area contributed by atoms with Gasteiger partial charge in [-0.25, -0.2) is 4.39 Å². The van der Waals surface area contributed by atoms with Gasteiger partial charge in [0.05, 0.1) is 0 Å². The van der Waals surface area contributed by atoms with E-state index < -0.39 is 6.17 Å². The van der Waals surface area contributed by atoms with Gasteiger partial charge in [-0.2, -0.15) is 0 Å².